The first-order valence-corrected chi connectivity index (χ1v) is 14.0. The molecule has 3 aromatic rings. The van der Waals surface area contributed by atoms with Crippen molar-refractivity contribution in [3.63, 3.8) is 0 Å². The molecule has 2 aromatic carbocycles. The molecule has 0 saturated carbocycles. The van der Waals surface area contributed by atoms with E-state index in [1.54, 1.807) is 23.1 Å². The molecule has 5 rings (SSSR count). The number of carbonyl (C=O) groups excluding carboxylic acids is 2. The summed E-state index contributed by atoms with van der Waals surface area (Å²) in [7, 11) is 3.75. The lowest BCUT2D eigenvalue weighted by Gasteiger charge is -2.37. The number of alkyl halides is 1. The van der Waals surface area contributed by atoms with Crippen LogP contribution in [0.25, 0.3) is 11.4 Å². The van der Waals surface area contributed by atoms with Crippen molar-refractivity contribution in [2.24, 2.45) is 0 Å². The van der Waals surface area contributed by atoms with Crippen LogP contribution in [0.15, 0.2) is 48.8 Å². The van der Waals surface area contributed by atoms with Crippen molar-refractivity contribution >= 4 is 23.5 Å². The van der Waals surface area contributed by atoms with Crippen molar-refractivity contribution < 1.29 is 23.8 Å². The quantitative estimate of drug-likeness (QED) is 0.421. The Balaban J connectivity index is 1.26. The third-order valence-corrected chi connectivity index (χ3v) is 7.68. The summed E-state index contributed by atoms with van der Waals surface area (Å²) in [5.41, 5.74) is 2.35. The molecule has 2 fully saturated rings. The van der Waals surface area contributed by atoms with E-state index < -0.39 is 24.3 Å². The fourth-order valence-electron chi connectivity index (χ4n) is 5.22. The van der Waals surface area contributed by atoms with Gasteiger partial charge in [-0.15, -0.1) is 0 Å². The highest BCUT2D eigenvalue weighted by molar-refractivity contribution is 5.84. The zero-order chi connectivity index (χ0) is 30.7. The van der Waals surface area contributed by atoms with Crippen molar-refractivity contribution in [3.05, 3.63) is 59.9 Å². The normalized spacial score (nSPS) is 21.7. The molecule has 2 N–H and O–H groups in total. The number of ether oxygens (including phenoxy) is 1. The number of aliphatic hydroxyl groups is 1. The summed E-state index contributed by atoms with van der Waals surface area (Å²) in [6.07, 6.45) is -1.93. The number of anilines is 2. The Morgan fingerprint density at radius 3 is 2.63 bits per heavy atom. The van der Waals surface area contributed by atoms with Crippen LogP contribution in [0, 0.1) is 11.3 Å². The first-order valence-electron chi connectivity index (χ1n) is 14.0. The Labute approximate surface area is 248 Å². The second-order valence-corrected chi connectivity index (χ2v) is 10.8. The Kier molecular flexibility index (Phi) is 8.79. The molecule has 43 heavy (non-hydrogen) atoms. The minimum atomic E-state index is -1.47. The second-order valence-electron chi connectivity index (χ2n) is 10.8. The molecule has 1 unspecified atom stereocenters. The zero-order valence-corrected chi connectivity index (χ0v) is 24.1. The molecule has 0 bridgehead atoms. The van der Waals surface area contributed by atoms with E-state index in [0.29, 0.717) is 23.9 Å². The standard InChI is InChI=1S/C30H33FN8O4/c1-18(40)28(41)39-11-10-25(23(31)16-39)43-24-9-6-20(14-21(24)15-32)27-33-17-34-30(36-27)35-22-7-4-19(5-8-22)26-29(42)38(3)13-12-37(26)2/h4-9,14,17-18,23,25-26,40H,10-13,16H2,1-3H3,(H,33,34,35,36)/t18-,23+,25-,26?/m0/s1. The number of amides is 2. The van der Waals surface area contributed by atoms with Gasteiger partial charge in [0.05, 0.1) is 12.1 Å². The van der Waals surface area contributed by atoms with E-state index >= 15 is 0 Å². The van der Waals surface area contributed by atoms with Gasteiger partial charge in [0.2, 0.25) is 11.9 Å². The van der Waals surface area contributed by atoms with Gasteiger partial charge in [0.15, 0.2) is 12.0 Å². The molecule has 2 aliphatic rings. The summed E-state index contributed by atoms with van der Waals surface area (Å²) >= 11 is 0. The number of piperazine rings is 1. The average molecular weight is 589 g/mol. The number of aromatic nitrogens is 3. The van der Waals surface area contributed by atoms with Crippen LogP contribution >= 0.6 is 0 Å². The predicted octanol–water partition coefficient (Wildman–Crippen LogP) is 2.30. The molecule has 0 radical (unpaired) electrons. The average Bonchev–Trinajstić information content (AvgIpc) is 3.01. The SMILES string of the molecule is C[C@H](O)C(=O)N1CC[C@H](Oc2ccc(-c3ncnc(Nc4ccc(C5C(=O)N(C)CCN5C)cc4)n3)cc2C#N)[C@H](F)C1. The van der Waals surface area contributed by atoms with Crippen molar-refractivity contribution in [1.82, 2.24) is 29.7 Å². The minimum absolute atomic E-state index is 0.0591. The van der Waals surface area contributed by atoms with Gasteiger partial charge in [-0.05, 0) is 49.9 Å². The molecular formula is C30H33FN8O4. The molecule has 224 valence electrons. The maximum atomic E-state index is 14.8. The van der Waals surface area contributed by atoms with Gasteiger partial charge in [-0.2, -0.15) is 10.2 Å². The van der Waals surface area contributed by atoms with E-state index in [9.17, 15) is 24.3 Å². The van der Waals surface area contributed by atoms with Gasteiger partial charge < -0.3 is 25.0 Å². The van der Waals surface area contributed by atoms with Gasteiger partial charge in [-0.3, -0.25) is 14.5 Å². The maximum absolute atomic E-state index is 14.8. The lowest BCUT2D eigenvalue weighted by Crippen LogP contribution is -2.51. The summed E-state index contributed by atoms with van der Waals surface area (Å²) < 4.78 is 20.7. The third kappa shape index (κ3) is 6.55. The van der Waals surface area contributed by atoms with Crippen molar-refractivity contribution in [2.45, 2.75) is 37.8 Å². The molecule has 4 atom stereocenters. The number of nitrogens with one attached hydrogen (secondary N) is 1. The van der Waals surface area contributed by atoms with Gasteiger partial charge >= 0.3 is 0 Å². The number of halogens is 1. The number of piperidine rings is 1. The topological polar surface area (TPSA) is 148 Å². The van der Waals surface area contributed by atoms with Crippen molar-refractivity contribution in [1.29, 1.82) is 5.26 Å². The smallest absolute Gasteiger partial charge is 0.251 e. The van der Waals surface area contributed by atoms with Crippen LogP contribution in [-0.2, 0) is 9.59 Å². The number of nitrogens with zero attached hydrogens (tertiary/aromatic N) is 7. The van der Waals surface area contributed by atoms with Crippen molar-refractivity contribution in [2.75, 3.05) is 45.6 Å². The number of likely N-dealkylation sites (N-methyl/N-ethyl adjacent to an activating group) is 2. The fourth-order valence-corrected chi connectivity index (χ4v) is 5.22. The Morgan fingerprint density at radius 1 is 1.16 bits per heavy atom. The molecule has 0 spiro atoms. The number of likely N-dealkylation sites (tertiary alicyclic amines) is 1. The Hall–Kier alpha value is -4.67. The van der Waals surface area contributed by atoms with E-state index in [4.69, 9.17) is 4.74 Å². The van der Waals surface area contributed by atoms with E-state index in [1.807, 2.05) is 43.3 Å². The second kappa shape index (κ2) is 12.7. The molecule has 13 heteroatoms. The van der Waals surface area contributed by atoms with E-state index in [2.05, 4.69) is 26.3 Å². The third-order valence-electron chi connectivity index (χ3n) is 7.68. The monoisotopic (exact) mass is 588 g/mol. The number of nitriles is 1. The van der Waals surface area contributed by atoms with Gasteiger partial charge in [0.1, 0.15) is 36.4 Å². The van der Waals surface area contributed by atoms with E-state index in [1.165, 1.54) is 18.2 Å². The summed E-state index contributed by atoms with van der Waals surface area (Å²) in [6.45, 7) is 2.90. The number of benzene rings is 2. The summed E-state index contributed by atoms with van der Waals surface area (Å²) in [5, 5.41) is 22.4. The predicted molar refractivity (Wildman–Crippen MR) is 155 cm³/mol. The first-order chi connectivity index (χ1) is 20.6. The maximum Gasteiger partial charge on any atom is 0.251 e. The van der Waals surface area contributed by atoms with Crippen LogP contribution in [0.1, 0.15) is 30.5 Å². The number of aliphatic hydroxyl groups excluding tert-OH is 1. The molecule has 2 aliphatic heterocycles. The van der Waals surface area contributed by atoms with Gasteiger partial charge in [-0.1, -0.05) is 12.1 Å². The lowest BCUT2D eigenvalue weighted by molar-refractivity contribution is -0.143. The van der Waals surface area contributed by atoms with Crippen LogP contribution < -0.4 is 10.1 Å². The lowest BCUT2D eigenvalue weighted by atomic mass is 10.0. The van der Waals surface area contributed by atoms with Crippen molar-refractivity contribution in [3.8, 4) is 23.2 Å². The number of hydrogen-bond donors (Lipinski definition) is 2. The summed E-state index contributed by atoms with van der Waals surface area (Å²) in [4.78, 5) is 42.7. The van der Waals surface area contributed by atoms with E-state index in [0.717, 1.165) is 17.8 Å². The molecule has 2 saturated heterocycles. The first kappa shape index (κ1) is 29.8. The van der Waals surface area contributed by atoms with Crippen LogP contribution in [0.2, 0.25) is 0 Å². The highest BCUT2D eigenvalue weighted by Crippen LogP contribution is 2.29. The molecule has 12 nitrogen and oxygen atoms in total. The van der Waals surface area contributed by atoms with Gasteiger partial charge in [-0.25, -0.2) is 14.4 Å². The molecule has 1 aromatic heterocycles. The van der Waals surface area contributed by atoms with Gasteiger partial charge in [0, 0.05) is 44.4 Å². The fraction of sp³-hybridized carbons (Fsp3) is 0.400. The summed E-state index contributed by atoms with van der Waals surface area (Å²) in [5.74, 6) is 0.367. The van der Waals surface area contributed by atoms with Crippen LogP contribution in [-0.4, -0.2) is 105 Å². The summed E-state index contributed by atoms with van der Waals surface area (Å²) in [6, 6.07) is 14.1. The number of hydrogen-bond acceptors (Lipinski definition) is 10. The highest BCUT2D eigenvalue weighted by atomic mass is 19.1. The Bertz CT molecular complexity index is 1530. The van der Waals surface area contributed by atoms with Gasteiger partial charge in [0.25, 0.3) is 5.91 Å². The van der Waals surface area contributed by atoms with Crippen LogP contribution in [0.3, 0.4) is 0 Å². The van der Waals surface area contributed by atoms with Crippen LogP contribution in [0.4, 0.5) is 16.0 Å². The molecule has 0 aliphatic carbocycles. The van der Waals surface area contributed by atoms with Crippen LogP contribution in [0.5, 0.6) is 5.75 Å². The Morgan fingerprint density at radius 2 is 1.93 bits per heavy atom. The molecular weight excluding hydrogens is 555 g/mol. The number of carbonyl (C=O) groups is 2. The zero-order valence-electron chi connectivity index (χ0n) is 24.1. The van der Waals surface area contributed by atoms with E-state index in [-0.39, 0.29) is 42.8 Å². The highest BCUT2D eigenvalue weighted by Gasteiger charge is 2.35. The number of rotatable bonds is 7. The molecule has 2 amide bonds. The largest absolute Gasteiger partial charge is 0.486 e. The minimum Gasteiger partial charge on any atom is -0.486 e. The molecule has 3 heterocycles.